The van der Waals surface area contributed by atoms with Gasteiger partial charge in [0.1, 0.15) is 0 Å². The molecule has 9 heteroatoms. The predicted molar refractivity (Wildman–Crippen MR) is 141 cm³/mol. The zero-order chi connectivity index (χ0) is 25.6. The minimum absolute atomic E-state index is 0.0408. The molecule has 1 aromatic heterocycles. The number of hydrogen-bond acceptors (Lipinski definition) is 7. The van der Waals surface area contributed by atoms with Crippen LogP contribution in [0.3, 0.4) is 0 Å². The van der Waals surface area contributed by atoms with Crippen LogP contribution in [0, 0.1) is 36.5 Å². The van der Waals surface area contributed by atoms with E-state index >= 15 is 0 Å². The maximum Gasteiger partial charge on any atom is 0.305 e. The fourth-order valence-corrected chi connectivity index (χ4v) is 10.2. The van der Waals surface area contributed by atoms with E-state index in [9.17, 15) is 19.5 Å². The summed E-state index contributed by atoms with van der Waals surface area (Å²) in [6.07, 6.45) is 0.836. The number of amides is 2. The van der Waals surface area contributed by atoms with Crippen molar-refractivity contribution in [3.8, 4) is 11.5 Å². The lowest BCUT2D eigenvalue weighted by Crippen LogP contribution is -2.42. The average molecular weight is 535 g/mol. The number of carbonyl (C=O) groups is 2. The summed E-state index contributed by atoms with van der Waals surface area (Å²) in [4.78, 5) is 45.3. The monoisotopic (exact) mass is 534 g/mol. The van der Waals surface area contributed by atoms with Crippen LogP contribution in [0.5, 0.6) is 11.5 Å². The van der Waals surface area contributed by atoms with Crippen molar-refractivity contribution in [1.82, 2.24) is 4.98 Å². The molecule has 3 fully saturated rings. The number of thiazole rings is 1. The Kier molecular flexibility index (Phi) is 5.14. The Morgan fingerprint density at radius 1 is 1.05 bits per heavy atom. The molecule has 2 N–H and O–H groups in total. The number of rotatable bonds is 4. The van der Waals surface area contributed by atoms with E-state index in [1.54, 1.807) is 17.8 Å². The largest absolute Gasteiger partial charge is 0.504 e. The molecule has 2 aliphatic heterocycles. The van der Waals surface area contributed by atoms with Gasteiger partial charge in [0, 0.05) is 16.0 Å². The average Bonchev–Trinajstić information content (AvgIpc) is 3.60. The molecule has 37 heavy (non-hydrogen) atoms. The molecule has 2 bridgehead atoms. The molecule has 3 heterocycles. The number of phenolic OH excluding ortho intramolecular Hbond substituents is 1. The van der Waals surface area contributed by atoms with Gasteiger partial charge >= 0.3 is 4.87 Å². The van der Waals surface area contributed by atoms with Crippen LogP contribution in [-0.4, -0.2) is 33.8 Å². The number of aromatic hydroxyl groups is 1. The summed E-state index contributed by atoms with van der Waals surface area (Å²) < 4.78 is 5.68. The molecule has 7 atom stereocenters. The number of ether oxygens (including phenoxy) is 1. The summed E-state index contributed by atoms with van der Waals surface area (Å²) in [7, 11) is 0. The summed E-state index contributed by atoms with van der Waals surface area (Å²) >= 11 is 2.89. The molecule has 0 unspecified atom stereocenters. The number of imide groups is 1. The second-order valence-corrected chi connectivity index (χ2v) is 12.7. The lowest BCUT2D eigenvalue weighted by Gasteiger charge is -2.43. The van der Waals surface area contributed by atoms with Gasteiger partial charge in [0.25, 0.3) is 0 Å². The SMILES string of the molecule is CCOc1cc([C@H]2c3sc(=O)[nH]c3S[C@@H]3[C@@H]4C[C@H]([C@H]5C(=O)N(c6ccc(C)cc6)C(=O)[C@H]45)[C@H]23)ccc1O. The molecule has 4 aliphatic rings. The summed E-state index contributed by atoms with van der Waals surface area (Å²) in [5.41, 5.74) is 2.68. The number of phenols is 1. The van der Waals surface area contributed by atoms with Gasteiger partial charge in [0.05, 0.1) is 29.2 Å². The van der Waals surface area contributed by atoms with E-state index in [4.69, 9.17) is 4.74 Å². The predicted octanol–water partition coefficient (Wildman–Crippen LogP) is 4.53. The molecule has 2 amide bonds. The summed E-state index contributed by atoms with van der Waals surface area (Å²) in [6.45, 7) is 4.28. The highest BCUT2D eigenvalue weighted by Gasteiger charge is 2.69. The quantitative estimate of drug-likeness (QED) is 0.478. The van der Waals surface area contributed by atoms with Crippen molar-refractivity contribution in [2.45, 2.75) is 36.5 Å². The zero-order valence-corrected chi connectivity index (χ0v) is 22.0. The smallest absolute Gasteiger partial charge is 0.305 e. The van der Waals surface area contributed by atoms with Crippen LogP contribution in [0.25, 0.3) is 0 Å². The number of H-pyrrole nitrogens is 1. The number of fused-ring (bicyclic) bond motifs is 9. The van der Waals surface area contributed by atoms with Crippen LogP contribution >= 0.6 is 23.1 Å². The first-order valence-electron chi connectivity index (χ1n) is 12.7. The van der Waals surface area contributed by atoms with E-state index in [2.05, 4.69) is 4.98 Å². The van der Waals surface area contributed by atoms with Gasteiger partial charge in [-0.25, -0.2) is 0 Å². The summed E-state index contributed by atoms with van der Waals surface area (Å²) in [6, 6.07) is 13.0. The van der Waals surface area contributed by atoms with Crippen molar-refractivity contribution in [3.05, 3.63) is 68.1 Å². The van der Waals surface area contributed by atoms with E-state index in [1.165, 1.54) is 16.2 Å². The van der Waals surface area contributed by atoms with E-state index < -0.39 is 0 Å². The van der Waals surface area contributed by atoms with Crippen molar-refractivity contribution in [3.63, 3.8) is 0 Å². The van der Waals surface area contributed by atoms with Crippen LogP contribution in [0.15, 0.2) is 52.3 Å². The lowest BCUT2D eigenvalue weighted by atomic mass is 9.68. The first kappa shape index (κ1) is 23.1. The maximum atomic E-state index is 13.8. The Morgan fingerprint density at radius 3 is 2.51 bits per heavy atom. The van der Waals surface area contributed by atoms with Crippen molar-refractivity contribution in [1.29, 1.82) is 0 Å². The van der Waals surface area contributed by atoms with Gasteiger partial charge in [-0.2, -0.15) is 0 Å². The summed E-state index contributed by atoms with van der Waals surface area (Å²) in [5, 5.41) is 11.3. The number of hydrogen-bond donors (Lipinski definition) is 2. The highest BCUT2D eigenvalue weighted by Crippen LogP contribution is 2.68. The fourth-order valence-electron chi connectivity index (χ4n) is 7.33. The van der Waals surface area contributed by atoms with Crippen LogP contribution < -0.4 is 14.5 Å². The van der Waals surface area contributed by atoms with Crippen LogP contribution in [0.2, 0.25) is 0 Å². The third kappa shape index (κ3) is 3.23. The van der Waals surface area contributed by atoms with Gasteiger partial charge in [0.2, 0.25) is 11.8 Å². The number of aromatic nitrogens is 1. The highest BCUT2D eigenvalue weighted by atomic mass is 32.2. The Balaban J connectivity index is 1.32. The Morgan fingerprint density at radius 2 is 1.78 bits per heavy atom. The zero-order valence-electron chi connectivity index (χ0n) is 20.3. The molecule has 1 saturated heterocycles. The molecule has 190 valence electrons. The van der Waals surface area contributed by atoms with E-state index in [0.29, 0.717) is 18.0 Å². The first-order valence-corrected chi connectivity index (χ1v) is 14.4. The molecule has 7 rings (SSSR count). The Labute approximate surface area is 221 Å². The van der Waals surface area contributed by atoms with Crippen LogP contribution in [0.4, 0.5) is 5.69 Å². The Bertz CT molecular complexity index is 1490. The number of carbonyl (C=O) groups excluding carboxylic acids is 2. The van der Waals surface area contributed by atoms with Gasteiger partial charge in [-0.05, 0) is 67.9 Å². The van der Waals surface area contributed by atoms with Crippen LogP contribution in [-0.2, 0) is 9.59 Å². The normalized spacial score (nSPS) is 31.4. The third-order valence-corrected chi connectivity index (χ3v) is 11.2. The second-order valence-electron chi connectivity index (χ2n) is 10.5. The highest BCUT2D eigenvalue weighted by molar-refractivity contribution is 8.00. The van der Waals surface area contributed by atoms with E-state index in [-0.39, 0.29) is 63.2 Å². The molecule has 0 radical (unpaired) electrons. The summed E-state index contributed by atoms with van der Waals surface area (Å²) in [5.74, 6) is -0.259. The molecular weight excluding hydrogens is 508 g/mol. The van der Waals surface area contributed by atoms with Gasteiger partial charge in [-0.1, -0.05) is 35.1 Å². The van der Waals surface area contributed by atoms with Gasteiger partial charge in [0.15, 0.2) is 11.5 Å². The van der Waals surface area contributed by atoms with Crippen molar-refractivity contribution in [2.24, 2.45) is 29.6 Å². The number of thioether (sulfide) groups is 1. The van der Waals surface area contributed by atoms with Crippen molar-refractivity contribution >= 4 is 40.6 Å². The van der Waals surface area contributed by atoms with E-state index in [0.717, 1.165) is 27.5 Å². The fraction of sp³-hybridized carbons (Fsp3) is 0.393. The molecule has 3 aromatic rings. The molecule has 2 aliphatic carbocycles. The first-order chi connectivity index (χ1) is 17.9. The van der Waals surface area contributed by atoms with Crippen LogP contribution in [0.1, 0.15) is 35.3 Å². The number of aromatic amines is 1. The standard InChI is InChI=1S/C28H26N2O5S2/c1-3-35-18-10-13(6-9-17(18)31)19-20-15-11-16(23(20)36-25-24(19)37-28(34)29-25)22-21(15)26(32)30(27(22)33)14-7-4-12(2)5-8-14/h4-10,15-16,19-23,31H,3,11H2,1-2H3,(H,29,34)/t15-,16+,19+,20+,21+,22+,23+/m0/s1. The van der Waals surface area contributed by atoms with Gasteiger partial charge < -0.3 is 14.8 Å². The van der Waals surface area contributed by atoms with Gasteiger partial charge in [-0.15, -0.1) is 11.8 Å². The topological polar surface area (TPSA) is 99.7 Å². The second kappa shape index (κ2) is 8.23. The molecule has 2 saturated carbocycles. The van der Waals surface area contributed by atoms with Crippen molar-refractivity contribution < 1.29 is 19.4 Å². The number of aryl methyl sites for hydroxylation is 1. The van der Waals surface area contributed by atoms with E-state index in [1.807, 2.05) is 50.2 Å². The number of anilines is 1. The maximum absolute atomic E-state index is 13.8. The minimum atomic E-state index is -0.344. The lowest BCUT2D eigenvalue weighted by molar-refractivity contribution is -0.123. The minimum Gasteiger partial charge on any atom is -0.504 e. The number of benzene rings is 2. The number of nitrogens with one attached hydrogen (secondary N) is 1. The molecular formula is C28H26N2O5S2. The van der Waals surface area contributed by atoms with Gasteiger partial charge in [-0.3, -0.25) is 19.3 Å². The van der Waals surface area contributed by atoms with Crippen molar-refractivity contribution in [2.75, 3.05) is 11.5 Å². The third-order valence-electron chi connectivity index (χ3n) is 8.66. The Hall–Kier alpha value is -3.04. The molecule has 7 nitrogen and oxygen atoms in total. The molecule has 0 spiro atoms. The molecule has 2 aromatic carbocycles. The number of nitrogens with zero attached hydrogens (tertiary/aromatic N) is 1.